The molecular formula is C18H27N3O3S. The van der Waals surface area contributed by atoms with E-state index in [2.05, 4.69) is 30.0 Å². The van der Waals surface area contributed by atoms with Crippen molar-refractivity contribution in [1.29, 1.82) is 0 Å². The Labute approximate surface area is 154 Å². The van der Waals surface area contributed by atoms with E-state index >= 15 is 0 Å². The van der Waals surface area contributed by atoms with Gasteiger partial charge in [0, 0.05) is 12.0 Å². The Morgan fingerprint density at radius 1 is 1.04 bits per heavy atom. The zero-order chi connectivity index (χ0) is 18.8. The molecule has 0 aliphatic heterocycles. The van der Waals surface area contributed by atoms with Crippen LogP contribution in [-0.2, 0) is 4.79 Å². The number of hydrazine groups is 1. The second kappa shape index (κ2) is 10.7. The van der Waals surface area contributed by atoms with Gasteiger partial charge in [-0.1, -0.05) is 27.7 Å². The number of hydrogen-bond donors (Lipinski definition) is 3. The molecule has 25 heavy (non-hydrogen) atoms. The van der Waals surface area contributed by atoms with Gasteiger partial charge in [-0.25, -0.2) is 0 Å². The Kier molecular flexibility index (Phi) is 8.91. The van der Waals surface area contributed by atoms with Crippen LogP contribution >= 0.6 is 12.2 Å². The largest absolute Gasteiger partial charge is 0.494 e. The number of rotatable bonds is 7. The van der Waals surface area contributed by atoms with Crippen LogP contribution in [0.1, 0.15) is 50.9 Å². The van der Waals surface area contributed by atoms with Gasteiger partial charge in [-0.05, 0) is 54.7 Å². The summed E-state index contributed by atoms with van der Waals surface area (Å²) in [4.78, 5) is 23.6. The molecule has 1 aromatic carbocycles. The zero-order valence-electron chi connectivity index (χ0n) is 15.2. The molecular weight excluding hydrogens is 338 g/mol. The van der Waals surface area contributed by atoms with Crippen molar-refractivity contribution in [3.63, 3.8) is 0 Å². The summed E-state index contributed by atoms with van der Waals surface area (Å²) in [6.07, 6.45) is 1.35. The van der Waals surface area contributed by atoms with Gasteiger partial charge in [-0.2, -0.15) is 0 Å². The molecule has 7 heteroatoms. The molecule has 2 amide bonds. The summed E-state index contributed by atoms with van der Waals surface area (Å²) in [5.74, 6) is 1.00. The second-order valence-corrected chi connectivity index (χ2v) is 7.02. The Balaban J connectivity index is 2.39. The third kappa shape index (κ3) is 9.05. The van der Waals surface area contributed by atoms with Gasteiger partial charge >= 0.3 is 0 Å². The van der Waals surface area contributed by atoms with E-state index in [-0.39, 0.29) is 22.8 Å². The minimum absolute atomic E-state index is 0.0626. The molecule has 6 nitrogen and oxygen atoms in total. The number of carbonyl (C=O) groups is 2. The molecule has 138 valence electrons. The van der Waals surface area contributed by atoms with E-state index in [1.807, 2.05) is 13.8 Å². The maximum absolute atomic E-state index is 12.0. The summed E-state index contributed by atoms with van der Waals surface area (Å²) in [6, 6.07) is 6.83. The molecule has 0 aliphatic rings. The van der Waals surface area contributed by atoms with Gasteiger partial charge in [-0.15, -0.1) is 0 Å². The van der Waals surface area contributed by atoms with Gasteiger partial charge < -0.3 is 10.1 Å². The lowest BCUT2D eigenvalue weighted by Gasteiger charge is -2.12. The molecule has 1 rings (SSSR count). The van der Waals surface area contributed by atoms with Crippen LogP contribution in [0.5, 0.6) is 5.75 Å². The van der Waals surface area contributed by atoms with Crippen LogP contribution in [0.4, 0.5) is 0 Å². The third-order valence-electron chi connectivity index (χ3n) is 3.22. The molecule has 0 aliphatic carbocycles. The molecule has 0 fully saturated rings. The Morgan fingerprint density at radius 3 is 2.24 bits per heavy atom. The standard InChI is InChI=1S/C18H27N3O3S/c1-12(2)9-10-24-15-7-5-14(6-8-15)17(23)20-21-18(25)19-16(22)11-13(3)4/h5-8,12-13H,9-11H2,1-4H3,(H,20,23)(H2,19,21,22,25). The van der Waals surface area contributed by atoms with Crippen molar-refractivity contribution in [3.05, 3.63) is 29.8 Å². The zero-order valence-corrected chi connectivity index (χ0v) is 16.0. The van der Waals surface area contributed by atoms with E-state index in [0.29, 0.717) is 24.5 Å². The van der Waals surface area contributed by atoms with Crippen LogP contribution in [-0.4, -0.2) is 23.5 Å². The molecule has 0 saturated heterocycles. The monoisotopic (exact) mass is 365 g/mol. The first-order chi connectivity index (χ1) is 11.8. The van der Waals surface area contributed by atoms with Crippen LogP contribution in [0.15, 0.2) is 24.3 Å². The van der Waals surface area contributed by atoms with Crippen molar-refractivity contribution >= 4 is 29.1 Å². The minimum atomic E-state index is -0.353. The quantitative estimate of drug-likeness (QED) is 0.511. The van der Waals surface area contributed by atoms with Gasteiger partial charge in [0.05, 0.1) is 6.61 Å². The van der Waals surface area contributed by atoms with Crippen molar-refractivity contribution in [1.82, 2.24) is 16.2 Å². The Morgan fingerprint density at radius 2 is 1.68 bits per heavy atom. The molecule has 0 atom stereocenters. The highest BCUT2D eigenvalue weighted by molar-refractivity contribution is 7.80. The molecule has 1 aromatic rings. The van der Waals surface area contributed by atoms with Gasteiger partial charge in [0.15, 0.2) is 5.11 Å². The molecule has 0 spiro atoms. The number of carbonyl (C=O) groups excluding carboxylic acids is 2. The van der Waals surface area contributed by atoms with E-state index in [0.717, 1.165) is 12.2 Å². The smallest absolute Gasteiger partial charge is 0.269 e. The van der Waals surface area contributed by atoms with Gasteiger partial charge in [-0.3, -0.25) is 20.4 Å². The average Bonchev–Trinajstić information content (AvgIpc) is 2.52. The molecule has 0 heterocycles. The lowest BCUT2D eigenvalue weighted by Crippen LogP contribution is -2.48. The van der Waals surface area contributed by atoms with Crippen molar-refractivity contribution < 1.29 is 14.3 Å². The number of nitrogens with one attached hydrogen (secondary N) is 3. The fraction of sp³-hybridized carbons (Fsp3) is 0.500. The highest BCUT2D eigenvalue weighted by Crippen LogP contribution is 2.13. The van der Waals surface area contributed by atoms with E-state index < -0.39 is 0 Å². The minimum Gasteiger partial charge on any atom is -0.494 e. The number of hydrogen-bond acceptors (Lipinski definition) is 4. The number of ether oxygens (including phenoxy) is 1. The first kappa shape index (κ1) is 20.9. The highest BCUT2D eigenvalue weighted by Gasteiger charge is 2.09. The Bertz CT molecular complexity index is 586. The lowest BCUT2D eigenvalue weighted by atomic mass is 10.1. The predicted molar refractivity (Wildman–Crippen MR) is 102 cm³/mol. The van der Waals surface area contributed by atoms with Crippen molar-refractivity contribution in [2.75, 3.05) is 6.61 Å². The van der Waals surface area contributed by atoms with Gasteiger partial charge in [0.25, 0.3) is 5.91 Å². The van der Waals surface area contributed by atoms with E-state index in [1.54, 1.807) is 24.3 Å². The maximum Gasteiger partial charge on any atom is 0.269 e. The summed E-state index contributed by atoms with van der Waals surface area (Å²) >= 11 is 4.96. The van der Waals surface area contributed by atoms with E-state index in [1.165, 1.54) is 0 Å². The average molecular weight is 365 g/mol. The topological polar surface area (TPSA) is 79.5 Å². The maximum atomic E-state index is 12.0. The molecule has 0 unspecified atom stereocenters. The van der Waals surface area contributed by atoms with Crippen molar-refractivity contribution in [3.8, 4) is 5.75 Å². The summed E-state index contributed by atoms with van der Waals surface area (Å²) in [6.45, 7) is 8.80. The number of benzene rings is 1. The van der Waals surface area contributed by atoms with Crippen LogP contribution in [0.25, 0.3) is 0 Å². The van der Waals surface area contributed by atoms with Crippen LogP contribution in [0.3, 0.4) is 0 Å². The number of thiocarbonyl (C=S) groups is 1. The first-order valence-corrected chi connectivity index (χ1v) is 8.81. The van der Waals surface area contributed by atoms with Crippen LogP contribution in [0.2, 0.25) is 0 Å². The molecule has 0 saturated carbocycles. The predicted octanol–water partition coefficient (Wildman–Crippen LogP) is 2.79. The van der Waals surface area contributed by atoms with E-state index in [9.17, 15) is 9.59 Å². The summed E-state index contributed by atoms with van der Waals surface area (Å²) in [5, 5.41) is 2.57. The lowest BCUT2D eigenvalue weighted by molar-refractivity contribution is -0.120. The Hall–Kier alpha value is -2.15. The fourth-order valence-electron chi connectivity index (χ4n) is 1.88. The summed E-state index contributed by atoms with van der Waals surface area (Å²) in [5.41, 5.74) is 5.42. The van der Waals surface area contributed by atoms with E-state index in [4.69, 9.17) is 17.0 Å². The molecule has 0 bridgehead atoms. The van der Waals surface area contributed by atoms with Gasteiger partial charge in [0.2, 0.25) is 5.91 Å². The van der Waals surface area contributed by atoms with Crippen LogP contribution < -0.4 is 20.9 Å². The van der Waals surface area contributed by atoms with Crippen molar-refractivity contribution in [2.24, 2.45) is 11.8 Å². The number of amides is 2. The second-order valence-electron chi connectivity index (χ2n) is 6.61. The van der Waals surface area contributed by atoms with Crippen molar-refractivity contribution in [2.45, 2.75) is 40.5 Å². The normalized spacial score (nSPS) is 10.5. The molecule has 0 aromatic heterocycles. The first-order valence-electron chi connectivity index (χ1n) is 8.41. The third-order valence-corrected chi connectivity index (χ3v) is 3.42. The summed E-state index contributed by atoms with van der Waals surface area (Å²) < 4.78 is 5.61. The summed E-state index contributed by atoms with van der Waals surface area (Å²) in [7, 11) is 0. The molecule has 3 N–H and O–H groups in total. The van der Waals surface area contributed by atoms with Crippen LogP contribution in [0, 0.1) is 11.8 Å². The fourth-order valence-corrected chi connectivity index (χ4v) is 2.05. The SMILES string of the molecule is CC(C)CCOc1ccc(C(=O)NNC(=S)NC(=O)CC(C)C)cc1. The highest BCUT2D eigenvalue weighted by atomic mass is 32.1. The van der Waals surface area contributed by atoms with Gasteiger partial charge in [0.1, 0.15) is 5.75 Å². The molecule has 0 radical (unpaired) electrons.